The Morgan fingerprint density at radius 1 is 1.24 bits per heavy atom. The van der Waals surface area contributed by atoms with Gasteiger partial charge >= 0.3 is 0 Å². The van der Waals surface area contributed by atoms with E-state index in [0.29, 0.717) is 0 Å². The molecule has 0 radical (unpaired) electrons. The van der Waals surface area contributed by atoms with Crippen molar-refractivity contribution in [1.29, 1.82) is 0 Å². The van der Waals surface area contributed by atoms with E-state index in [1.807, 2.05) is 0 Å². The van der Waals surface area contributed by atoms with E-state index in [1.54, 1.807) is 0 Å². The molecule has 0 saturated heterocycles. The zero-order valence-corrected chi connectivity index (χ0v) is 11.1. The van der Waals surface area contributed by atoms with E-state index in [2.05, 4.69) is 48.5 Å². The lowest BCUT2D eigenvalue weighted by molar-refractivity contribution is 0.642. The first kappa shape index (κ1) is 12.4. The molecule has 17 heavy (non-hydrogen) atoms. The molecule has 1 aliphatic rings. The fraction of sp³-hybridized carbons (Fsp3) is 0.600. The highest BCUT2D eigenvalue weighted by Gasteiger charge is 2.19. The molecule has 1 fully saturated rings. The van der Waals surface area contributed by atoms with E-state index in [9.17, 15) is 0 Å². The molecule has 0 unspecified atom stereocenters. The number of hydrogen-bond acceptors (Lipinski definition) is 2. The van der Waals surface area contributed by atoms with Gasteiger partial charge in [-0.05, 0) is 49.9 Å². The summed E-state index contributed by atoms with van der Waals surface area (Å²) in [6.07, 6.45) is 5.11. The lowest BCUT2D eigenvalue weighted by Gasteiger charge is -2.19. The Morgan fingerprint density at radius 2 is 1.94 bits per heavy atom. The van der Waals surface area contributed by atoms with Crippen molar-refractivity contribution >= 4 is 5.69 Å². The van der Waals surface area contributed by atoms with Crippen LogP contribution in [0, 0.1) is 0 Å². The molecular weight excluding hydrogens is 208 g/mol. The molecule has 1 aromatic carbocycles. The first-order valence-electron chi connectivity index (χ1n) is 6.83. The molecule has 0 heterocycles. The van der Waals surface area contributed by atoms with E-state index in [4.69, 9.17) is 0 Å². The third kappa shape index (κ3) is 4.04. The smallest absolute Gasteiger partial charge is 0.0363 e. The third-order valence-electron chi connectivity index (χ3n) is 3.47. The second kappa shape index (κ2) is 6.06. The van der Waals surface area contributed by atoms with E-state index in [0.717, 1.165) is 25.6 Å². The molecule has 2 heteroatoms. The van der Waals surface area contributed by atoms with Crippen molar-refractivity contribution in [2.75, 3.05) is 25.0 Å². The van der Waals surface area contributed by atoms with E-state index in [-0.39, 0.29) is 0 Å². The molecule has 0 amide bonds. The Hall–Kier alpha value is -1.02. The average molecular weight is 232 g/mol. The summed E-state index contributed by atoms with van der Waals surface area (Å²) in [4.78, 5) is 2.34. The lowest BCUT2D eigenvalue weighted by Crippen LogP contribution is -2.24. The van der Waals surface area contributed by atoms with E-state index < -0.39 is 0 Å². The van der Waals surface area contributed by atoms with Crippen LogP contribution in [-0.2, 0) is 6.42 Å². The van der Waals surface area contributed by atoms with Gasteiger partial charge in [0.2, 0.25) is 0 Å². The maximum atomic E-state index is 3.55. The molecule has 2 rings (SSSR count). The summed E-state index contributed by atoms with van der Waals surface area (Å²) in [7, 11) is 2.18. The second-order valence-corrected chi connectivity index (χ2v) is 5.02. The minimum Gasteiger partial charge on any atom is -0.375 e. The maximum absolute atomic E-state index is 3.55. The van der Waals surface area contributed by atoms with Gasteiger partial charge in [-0.3, -0.25) is 0 Å². The molecule has 1 N–H and O–H groups in total. The maximum Gasteiger partial charge on any atom is 0.0363 e. The average Bonchev–Trinajstić information content (AvgIpc) is 3.18. The van der Waals surface area contributed by atoms with Crippen LogP contribution in [0.2, 0.25) is 0 Å². The van der Waals surface area contributed by atoms with Crippen LogP contribution >= 0.6 is 0 Å². The van der Waals surface area contributed by atoms with Crippen LogP contribution in [0.25, 0.3) is 0 Å². The molecule has 0 atom stereocenters. The topological polar surface area (TPSA) is 15.3 Å². The van der Waals surface area contributed by atoms with Gasteiger partial charge in [-0.25, -0.2) is 0 Å². The van der Waals surface area contributed by atoms with Crippen LogP contribution in [0.4, 0.5) is 5.69 Å². The minimum atomic E-state index is 0.837. The van der Waals surface area contributed by atoms with Gasteiger partial charge in [0.25, 0.3) is 0 Å². The number of anilines is 1. The van der Waals surface area contributed by atoms with Gasteiger partial charge in [-0.15, -0.1) is 0 Å². The summed E-state index contributed by atoms with van der Waals surface area (Å²) >= 11 is 0. The zero-order chi connectivity index (χ0) is 12.1. The standard InChI is InChI=1S/C15H24N2/c1-3-13-5-9-15(10-6-13)17(2)12-4-11-16-14-7-8-14/h5-6,9-10,14,16H,3-4,7-8,11-12H2,1-2H3. The van der Waals surface area contributed by atoms with Gasteiger partial charge in [0.15, 0.2) is 0 Å². The van der Waals surface area contributed by atoms with Crippen LogP contribution in [0.3, 0.4) is 0 Å². The van der Waals surface area contributed by atoms with Crippen molar-refractivity contribution in [2.24, 2.45) is 0 Å². The highest BCUT2D eigenvalue weighted by atomic mass is 15.1. The Balaban J connectivity index is 1.71. The van der Waals surface area contributed by atoms with Crippen LogP contribution in [0.15, 0.2) is 24.3 Å². The highest BCUT2D eigenvalue weighted by molar-refractivity contribution is 5.46. The van der Waals surface area contributed by atoms with Gasteiger partial charge in [-0.1, -0.05) is 19.1 Å². The molecule has 0 bridgehead atoms. The van der Waals surface area contributed by atoms with E-state index in [1.165, 1.54) is 30.5 Å². The summed E-state index contributed by atoms with van der Waals surface area (Å²) in [5.41, 5.74) is 2.74. The summed E-state index contributed by atoms with van der Waals surface area (Å²) in [6.45, 7) is 4.48. The minimum absolute atomic E-state index is 0.837. The quantitative estimate of drug-likeness (QED) is 0.727. The largest absolute Gasteiger partial charge is 0.375 e. The first-order chi connectivity index (χ1) is 8.29. The number of hydrogen-bond donors (Lipinski definition) is 1. The van der Waals surface area contributed by atoms with Gasteiger partial charge in [0.05, 0.1) is 0 Å². The Labute approximate surface area is 105 Å². The molecule has 1 aromatic rings. The number of aryl methyl sites for hydroxylation is 1. The summed E-state index contributed by atoms with van der Waals surface area (Å²) in [5.74, 6) is 0. The SMILES string of the molecule is CCc1ccc(N(C)CCCNC2CC2)cc1. The number of rotatable bonds is 7. The third-order valence-corrected chi connectivity index (χ3v) is 3.47. The fourth-order valence-corrected chi connectivity index (χ4v) is 2.03. The van der Waals surface area contributed by atoms with Crippen LogP contribution in [0.5, 0.6) is 0 Å². The van der Waals surface area contributed by atoms with Gasteiger partial charge < -0.3 is 10.2 Å². The van der Waals surface area contributed by atoms with Crippen molar-refractivity contribution in [3.63, 3.8) is 0 Å². The monoisotopic (exact) mass is 232 g/mol. The Kier molecular flexibility index (Phi) is 4.43. The summed E-state index contributed by atoms with van der Waals surface area (Å²) < 4.78 is 0. The number of nitrogens with zero attached hydrogens (tertiary/aromatic N) is 1. The predicted molar refractivity (Wildman–Crippen MR) is 74.7 cm³/mol. The molecule has 0 aromatic heterocycles. The molecule has 2 nitrogen and oxygen atoms in total. The Bertz CT molecular complexity index is 327. The zero-order valence-electron chi connectivity index (χ0n) is 11.1. The van der Waals surface area contributed by atoms with Crippen molar-refractivity contribution < 1.29 is 0 Å². The van der Waals surface area contributed by atoms with Gasteiger partial charge in [0, 0.05) is 25.3 Å². The summed E-state index contributed by atoms with van der Waals surface area (Å²) in [5, 5.41) is 3.55. The summed E-state index contributed by atoms with van der Waals surface area (Å²) in [6, 6.07) is 9.76. The molecule has 1 saturated carbocycles. The second-order valence-electron chi connectivity index (χ2n) is 5.02. The van der Waals surface area contributed by atoms with Crippen molar-refractivity contribution in [3.05, 3.63) is 29.8 Å². The van der Waals surface area contributed by atoms with E-state index >= 15 is 0 Å². The Morgan fingerprint density at radius 3 is 2.53 bits per heavy atom. The molecule has 94 valence electrons. The van der Waals surface area contributed by atoms with Crippen LogP contribution < -0.4 is 10.2 Å². The van der Waals surface area contributed by atoms with Crippen LogP contribution in [0.1, 0.15) is 31.7 Å². The fourth-order valence-electron chi connectivity index (χ4n) is 2.03. The predicted octanol–water partition coefficient (Wildman–Crippen LogP) is 2.83. The lowest BCUT2D eigenvalue weighted by atomic mass is 10.1. The molecular formula is C15H24N2. The first-order valence-corrected chi connectivity index (χ1v) is 6.83. The van der Waals surface area contributed by atoms with Gasteiger partial charge in [-0.2, -0.15) is 0 Å². The van der Waals surface area contributed by atoms with Crippen molar-refractivity contribution in [3.8, 4) is 0 Å². The normalized spacial score (nSPS) is 14.9. The van der Waals surface area contributed by atoms with Crippen LogP contribution in [-0.4, -0.2) is 26.2 Å². The van der Waals surface area contributed by atoms with Crippen molar-refractivity contribution in [2.45, 2.75) is 38.6 Å². The molecule has 0 aliphatic heterocycles. The molecule has 0 spiro atoms. The van der Waals surface area contributed by atoms with Crippen molar-refractivity contribution in [1.82, 2.24) is 5.32 Å². The number of benzene rings is 1. The number of nitrogens with one attached hydrogen (secondary N) is 1. The van der Waals surface area contributed by atoms with Gasteiger partial charge in [0.1, 0.15) is 0 Å². The highest BCUT2D eigenvalue weighted by Crippen LogP contribution is 2.18. The molecule has 1 aliphatic carbocycles.